The Bertz CT molecular complexity index is 1140. The molecule has 1 atom stereocenters. The third-order valence-electron chi connectivity index (χ3n) is 4.63. The summed E-state index contributed by atoms with van der Waals surface area (Å²) in [7, 11) is 0. The molecule has 3 aromatic heterocycles. The van der Waals surface area contributed by atoms with Crippen LogP contribution in [0.5, 0.6) is 6.01 Å². The number of rotatable bonds is 6. The molecule has 0 bridgehead atoms. The first-order valence-corrected chi connectivity index (χ1v) is 9.64. The van der Waals surface area contributed by atoms with Gasteiger partial charge in [0.15, 0.2) is 11.9 Å². The van der Waals surface area contributed by atoms with Gasteiger partial charge in [0.1, 0.15) is 0 Å². The molecule has 0 spiro atoms. The Morgan fingerprint density at radius 3 is 2.69 bits per heavy atom. The molecule has 1 aliphatic rings. The van der Waals surface area contributed by atoms with Crippen molar-refractivity contribution in [3.05, 3.63) is 59.6 Å². The lowest BCUT2D eigenvalue weighted by Gasteiger charge is -2.12. The Morgan fingerprint density at radius 2 is 1.93 bits per heavy atom. The van der Waals surface area contributed by atoms with E-state index < -0.39 is 6.10 Å². The van der Waals surface area contributed by atoms with E-state index in [-0.39, 0.29) is 0 Å². The second-order valence-electron chi connectivity index (χ2n) is 6.82. The lowest BCUT2D eigenvalue weighted by molar-refractivity contribution is 0.188. The van der Waals surface area contributed by atoms with Crippen LogP contribution in [0.2, 0.25) is 5.02 Å². The fourth-order valence-corrected chi connectivity index (χ4v) is 3.21. The average Bonchev–Trinajstić information content (AvgIpc) is 3.29. The number of halogens is 1. The standard InChI is InChI=1S/C19H17ClN8O/c1-12(17-22-26-28(25-17)16-4-2-3-14(20)11-16)29-19-24-23-18(27(19)15-5-6-15)13-7-9-21-10-8-13/h2-4,7-12,15H,5-6H2,1H3. The van der Waals surface area contributed by atoms with Crippen LogP contribution in [-0.2, 0) is 0 Å². The van der Waals surface area contributed by atoms with Crippen LogP contribution in [-0.4, -0.2) is 40.0 Å². The second-order valence-corrected chi connectivity index (χ2v) is 7.26. The molecule has 9 nitrogen and oxygen atoms in total. The molecule has 1 unspecified atom stereocenters. The SMILES string of the molecule is CC(Oc1nnc(-c2ccncc2)n1C1CC1)c1nnn(-c2cccc(Cl)c2)n1. The summed E-state index contributed by atoms with van der Waals surface area (Å²) >= 11 is 6.04. The molecular formula is C19H17ClN8O. The average molecular weight is 409 g/mol. The summed E-state index contributed by atoms with van der Waals surface area (Å²) in [6.45, 7) is 1.86. The van der Waals surface area contributed by atoms with Gasteiger partial charge in [-0.25, -0.2) is 0 Å². The van der Waals surface area contributed by atoms with Crippen LogP contribution in [0.4, 0.5) is 0 Å². The van der Waals surface area contributed by atoms with E-state index >= 15 is 0 Å². The molecule has 0 saturated heterocycles. The minimum absolute atomic E-state index is 0.338. The fraction of sp³-hybridized carbons (Fsp3) is 0.263. The Kier molecular flexibility index (Phi) is 4.44. The van der Waals surface area contributed by atoms with E-state index in [4.69, 9.17) is 16.3 Å². The molecule has 5 rings (SSSR count). The second kappa shape index (κ2) is 7.25. The van der Waals surface area contributed by atoms with Gasteiger partial charge in [0.25, 0.3) is 0 Å². The molecule has 0 radical (unpaired) electrons. The largest absolute Gasteiger partial charge is 0.452 e. The summed E-state index contributed by atoms with van der Waals surface area (Å²) in [6, 6.07) is 11.9. The minimum atomic E-state index is -0.449. The zero-order chi connectivity index (χ0) is 19.8. The van der Waals surface area contributed by atoms with Crippen LogP contribution in [0.3, 0.4) is 0 Å². The van der Waals surface area contributed by atoms with E-state index in [0.29, 0.717) is 22.9 Å². The number of benzene rings is 1. The molecular weight excluding hydrogens is 392 g/mol. The molecule has 10 heteroatoms. The van der Waals surface area contributed by atoms with E-state index in [1.165, 1.54) is 4.80 Å². The van der Waals surface area contributed by atoms with Crippen LogP contribution in [0.25, 0.3) is 17.1 Å². The molecule has 0 aliphatic heterocycles. The van der Waals surface area contributed by atoms with Gasteiger partial charge in [-0.2, -0.15) is 0 Å². The monoisotopic (exact) mass is 408 g/mol. The van der Waals surface area contributed by atoms with Crippen molar-refractivity contribution in [2.75, 3.05) is 0 Å². The highest BCUT2D eigenvalue weighted by atomic mass is 35.5. The van der Waals surface area contributed by atoms with Gasteiger partial charge in [-0.15, -0.1) is 20.1 Å². The molecule has 146 valence electrons. The van der Waals surface area contributed by atoms with Gasteiger partial charge in [0.05, 0.1) is 5.69 Å². The van der Waals surface area contributed by atoms with Crippen molar-refractivity contribution in [1.82, 2.24) is 40.0 Å². The third kappa shape index (κ3) is 3.56. The Balaban J connectivity index is 1.40. The zero-order valence-corrected chi connectivity index (χ0v) is 16.3. The van der Waals surface area contributed by atoms with Gasteiger partial charge in [0, 0.05) is 29.0 Å². The van der Waals surface area contributed by atoms with Crippen molar-refractivity contribution in [2.45, 2.75) is 31.9 Å². The maximum absolute atomic E-state index is 6.08. The van der Waals surface area contributed by atoms with E-state index in [1.807, 2.05) is 35.8 Å². The first-order valence-electron chi connectivity index (χ1n) is 9.27. The van der Waals surface area contributed by atoms with E-state index in [9.17, 15) is 0 Å². The Hall–Kier alpha value is -3.33. The molecule has 0 N–H and O–H groups in total. The van der Waals surface area contributed by atoms with Crippen LogP contribution in [0.15, 0.2) is 48.8 Å². The van der Waals surface area contributed by atoms with Crippen LogP contribution in [0, 0.1) is 0 Å². The van der Waals surface area contributed by atoms with Crippen LogP contribution in [0.1, 0.15) is 37.7 Å². The van der Waals surface area contributed by atoms with Crippen molar-refractivity contribution in [3.8, 4) is 23.1 Å². The summed E-state index contributed by atoms with van der Waals surface area (Å²) < 4.78 is 8.11. The number of hydrogen-bond acceptors (Lipinski definition) is 7. The van der Waals surface area contributed by atoms with Gasteiger partial charge >= 0.3 is 6.01 Å². The summed E-state index contributed by atoms with van der Waals surface area (Å²) in [4.78, 5) is 5.49. The highest BCUT2D eigenvalue weighted by molar-refractivity contribution is 6.30. The lowest BCUT2D eigenvalue weighted by Crippen LogP contribution is -2.10. The summed E-state index contributed by atoms with van der Waals surface area (Å²) in [5.41, 5.74) is 1.68. The van der Waals surface area contributed by atoms with Crippen molar-refractivity contribution >= 4 is 11.6 Å². The van der Waals surface area contributed by atoms with Crippen LogP contribution < -0.4 is 4.74 Å². The van der Waals surface area contributed by atoms with Gasteiger partial charge in [0.2, 0.25) is 5.82 Å². The number of aromatic nitrogens is 8. The maximum atomic E-state index is 6.08. The van der Waals surface area contributed by atoms with Gasteiger partial charge in [-0.05, 0) is 55.3 Å². The van der Waals surface area contributed by atoms with Crippen molar-refractivity contribution in [2.24, 2.45) is 0 Å². The number of nitrogens with zero attached hydrogens (tertiary/aromatic N) is 8. The summed E-state index contributed by atoms with van der Waals surface area (Å²) in [6.07, 6.45) is 5.17. The Morgan fingerprint density at radius 1 is 1.10 bits per heavy atom. The summed E-state index contributed by atoms with van der Waals surface area (Å²) in [5.74, 6) is 1.22. The third-order valence-corrected chi connectivity index (χ3v) is 4.86. The number of hydrogen-bond donors (Lipinski definition) is 0. The number of pyridine rings is 1. The van der Waals surface area contributed by atoms with Crippen molar-refractivity contribution < 1.29 is 4.74 Å². The molecule has 1 saturated carbocycles. The molecule has 29 heavy (non-hydrogen) atoms. The maximum Gasteiger partial charge on any atom is 0.318 e. The highest BCUT2D eigenvalue weighted by Gasteiger charge is 2.32. The summed E-state index contributed by atoms with van der Waals surface area (Å²) in [5, 5.41) is 21.8. The molecule has 1 fully saturated rings. The molecule has 0 amide bonds. The lowest BCUT2D eigenvalue weighted by atomic mass is 10.2. The first-order chi connectivity index (χ1) is 14.2. The molecule has 3 heterocycles. The van der Waals surface area contributed by atoms with E-state index in [0.717, 1.165) is 29.9 Å². The molecule has 1 aliphatic carbocycles. The topological polar surface area (TPSA) is 96.4 Å². The molecule has 1 aromatic carbocycles. The normalized spacial score (nSPS) is 14.7. The van der Waals surface area contributed by atoms with Crippen molar-refractivity contribution in [3.63, 3.8) is 0 Å². The Labute approximate surface area is 171 Å². The van der Waals surface area contributed by atoms with E-state index in [2.05, 4.69) is 30.6 Å². The van der Waals surface area contributed by atoms with Crippen LogP contribution >= 0.6 is 11.6 Å². The highest BCUT2D eigenvalue weighted by Crippen LogP contribution is 2.41. The predicted molar refractivity (Wildman–Crippen MR) is 105 cm³/mol. The quantitative estimate of drug-likeness (QED) is 0.482. The van der Waals surface area contributed by atoms with Crippen molar-refractivity contribution in [1.29, 1.82) is 0 Å². The minimum Gasteiger partial charge on any atom is -0.452 e. The van der Waals surface area contributed by atoms with Gasteiger partial charge in [-0.1, -0.05) is 22.8 Å². The van der Waals surface area contributed by atoms with Gasteiger partial charge < -0.3 is 4.74 Å². The molecule has 4 aromatic rings. The van der Waals surface area contributed by atoms with E-state index in [1.54, 1.807) is 24.5 Å². The predicted octanol–water partition coefficient (Wildman–Crippen LogP) is 3.44. The first kappa shape index (κ1) is 17.7. The zero-order valence-electron chi connectivity index (χ0n) is 15.6. The number of tetrazole rings is 1. The number of ether oxygens (including phenoxy) is 1. The smallest absolute Gasteiger partial charge is 0.318 e. The van der Waals surface area contributed by atoms with Gasteiger partial charge in [-0.3, -0.25) is 9.55 Å². The fourth-order valence-electron chi connectivity index (χ4n) is 3.03.